The van der Waals surface area contributed by atoms with Crippen LogP contribution in [0.15, 0.2) is 54.7 Å². The van der Waals surface area contributed by atoms with Crippen LogP contribution < -0.4 is 4.74 Å². The number of nitrogens with zero attached hydrogens (tertiary/aromatic N) is 2. The van der Waals surface area contributed by atoms with Gasteiger partial charge in [0.1, 0.15) is 5.75 Å². The van der Waals surface area contributed by atoms with E-state index < -0.39 is 12.0 Å². The quantitative estimate of drug-likeness (QED) is 0.679. The van der Waals surface area contributed by atoms with Gasteiger partial charge in [-0.2, -0.15) is 13.2 Å². The highest BCUT2D eigenvalue weighted by atomic mass is 19.4. The van der Waals surface area contributed by atoms with Gasteiger partial charge < -0.3 is 4.74 Å². The van der Waals surface area contributed by atoms with Crippen molar-refractivity contribution in [3.05, 3.63) is 77.4 Å². The van der Waals surface area contributed by atoms with Crippen LogP contribution in [0.4, 0.5) is 13.2 Å². The highest BCUT2D eigenvalue weighted by Gasteiger charge is 2.37. The van der Waals surface area contributed by atoms with E-state index >= 15 is 0 Å². The average Bonchev–Trinajstić information content (AvgIpc) is 2.99. The number of benzene rings is 2. The number of hydrogen-bond acceptors (Lipinski definition) is 2. The lowest BCUT2D eigenvalue weighted by Crippen LogP contribution is -2.15. The van der Waals surface area contributed by atoms with Crippen LogP contribution in [-0.2, 0) is 12.6 Å². The Morgan fingerprint density at radius 2 is 1.80 bits per heavy atom. The van der Waals surface area contributed by atoms with Gasteiger partial charge in [-0.05, 0) is 36.8 Å². The molecule has 25 heavy (non-hydrogen) atoms. The lowest BCUT2D eigenvalue weighted by atomic mass is 10.1. The standard InChI is InChI=1S/C19H17F3N2O/c1-13-4-3-5-14(10-13)11-16-12-23-18(19(20,21)22)24(16)15-6-8-17(25-2)9-7-15/h3-10,12H,11H2,1-2H3. The van der Waals surface area contributed by atoms with Gasteiger partial charge in [0.2, 0.25) is 5.82 Å². The van der Waals surface area contributed by atoms with Crippen LogP contribution >= 0.6 is 0 Å². The van der Waals surface area contributed by atoms with Gasteiger partial charge in [-0.1, -0.05) is 29.8 Å². The Labute approximate surface area is 143 Å². The van der Waals surface area contributed by atoms with Gasteiger partial charge in [-0.25, -0.2) is 4.98 Å². The maximum Gasteiger partial charge on any atom is 0.450 e. The highest BCUT2D eigenvalue weighted by Crippen LogP contribution is 2.32. The van der Waals surface area contributed by atoms with Crippen molar-refractivity contribution in [2.75, 3.05) is 7.11 Å². The molecule has 0 saturated carbocycles. The van der Waals surface area contributed by atoms with Gasteiger partial charge in [-0.15, -0.1) is 0 Å². The number of hydrogen-bond donors (Lipinski definition) is 0. The zero-order chi connectivity index (χ0) is 18.0. The Kier molecular flexibility index (Phi) is 4.53. The summed E-state index contributed by atoms with van der Waals surface area (Å²) >= 11 is 0. The molecule has 2 aromatic carbocycles. The summed E-state index contributed by atoms with van der Waals surface area (Å²) in [7, 11) is 1.51. The van der Waals surface area contributed by atoms with E-state index in [-0.39, 0.29) is 0 Å². The van der Waals surface area contributed by atoms with E-state index in [9.17, 15) is 13.2 Å². The molecule has 0 fully saturated rings. The molecule has 0 N–H and O–H groups in total. The fourth-order valence-electron chi connectivity index (χ4n) is 2.76. The van der Waals surface area contributed by atoms with Crippen LogP contribution in [0, 0.1) is 6.92 Å². The van der Waals surface area contributed by atoms with Crippen molar-refractivity contribution in [1.82, 2.24) is 9.55 Å². The predicted octanol–water partition coefficient (Wildman–Crippen LogP) is 4.80. The molecule has 130 valence electrons. The topological polar surface area (TPSA) is 27.1 Å². The summed E-state index contributed by atoms with van der Waals surface area (Å²) in [6.45, 7) is 1.95. The molecule has 0 aliphatic heterocycles. The SMILES string of the molecule is COc1ccc(-n2c(Cc3cccc(C)c3)cnc2C(F)(F)F)cc1. The van der Waals surface area contributed by atoms with Gasteiger partial charge in [0, 0.05) is 24.0 Å². The van der Waals surface area contributed by atoms with Crippen molar-refractivity contribution in [3.8, 4) is 11.4 Å². The minimum atomic E-state index is -4.54. The monoisotopic (exact) mass is 346 g/mol. The summed E-state index contributed by atoms with van der Waals surface area (Å²) in [5.74, 6) is -0.349. The first-order chi connectivity index (χ1) is 11.9. The van der Waals surface area contributed by atoms with Crippen molar-refractivity contribution in [2.24, 2.45) is 0 Å². The van der Waals surface area contributed by atoms with Gasteiger partial charge in [-0.3, -0.25) is 4.57 Å². The summed E-state index contributed by atoms with van der Waals surface area (Å²) < 4.78 is 46.4. The number of rotatable bonds is 4. The number of aryl methyl sites for hydroxylation is 1. The second kappa shape index (κ2) is 6.63. The number of halogens is 3. The molecule has 3 aromatic rings. The van der Waals surface area contributed by atoms with Crippen molar-refractivity contribution < 1.29 is 17.9 Å². The molecule has 0 amide bonds. The molecule has 0 radical (unpaired) electrons. The molecular weight excluding hydrogens is 329 g/mol. The van der Waals surface area contributed by atoms with E-state index in [0.29, 0.717) is 23.6 Å². The van der Waals surface area contributed by atoms with Gasteiger partial charge >= 0.3 is 6.18 Å². The summed E-state index contributed by atoms with van der Waals surface area (Å²) in [5.41, 5.74) is 2.86. The van der Waals surface area contributed by atoms with Crippen molar-refractivity contribution in [2.45, 2.75) is 19.5 Å². The maximum atomic E-state index is 13.4. The molecule has 1 aromatic heterocycles. The Hall–Kier alpha value is -2.76. The fraction of sp³-hybridized carbons (Fsp3) is 0.211. The normalized spacial score (nSPS) is 11.6. The smallest absolute Gasteiger partial charge is 0.450 e. The van der Waals surface area contributed by atoms with Gasteiger partial charge in [0.15, 0.2) is 0 Å². The molecule has 0 saturated heterocycles. The molecule has 0 spiro atoms. The van der Waals surface area contributed by atoms with E-state index in [1.54, 1.807) is 24.3 Å². The number of ether oxygens (including phenoxy) is 1. The first kappa shape index (κ1) is 17.1. The molecule has 3 rings (SSSR count). The largest absolute Gasteiger partial charge is 0.497 e. The van der Waals surface area contributed by atoms with Gasteiger partial charge in [0.25, 0.3) is 0 Å². The van der Waals surface area contributed by atoms with E-state index in [1.165, 1.54) is 13.3 Å². The molecule has 0 atom stereocenters. The van der Waals surface area contributed by atoms with Crippen molar-refractivity contribution in [1.29, 1.82) is 0 Å². The van der Waals surface area contributed by atoms with E-state index in [1.807, 2.05) is 31.2 Å². The first-order valence-corrected chi connectivity index (χ1v) is 7.72. The third-order valence-electron chi connectivity index (χ3n) is 3.89. The van der Waals surface area contributed by atoms with Crippen LogP contribution in [0.3, 0.4) is 0 Å². The zero-order valence-electron chi connectivity index (χ0n) is 13.8. The van der Waals surface area contributed by atoms with E-state index in [0.717, 1.165) is 15.7 Å². The summed E-state index contributed by atoms with van der Waals surface area (Å²) in [6, 6.07) is 14.1. The lowest BCUT2D eigenvalue weighted by Gasteiger charge is -2.14. The lowest BCUT2D eigenvalue weighted by molar-refractivity contribution is -0.146. The van der Waals surface area contributed by atoms with E-state index in [2.05, 4.69) is 4.98 Å². The Morgan fingerprint density at radius 3 is 2.40 bits per heavy atom. The fourth-order valence-corrected chi connectivity index (χ4v) is 2.76. The van der Waals surface area contributed by atoms with Crippen molar-refractivity contribution >= 4 is 0 Å². The van der Waals surface area contributed by atoms with Crippen molar-refractivity contribution in [3.63, 3.8) is 0 Å². The summed E-state index contributed by atoms with van der Waals surface area (Å²) in [5, 5.41) is 0. The minimum absolute atomic E-state index is 0.358. The Bertz CT molecular complexity index is 867. The third-order valence-corrected chi connectivity index (χ3v) is 3.89. The second-order valence-electron chi connectivity index (χ2n) is 5.77. The van der Waals surface area contributed by atoms with Crippen LogP contribution in [-0.4, -0.2) is 16.7 Å². The predicted molar refractivity (Wildman–Crippen MR) is 89.1 cm³/mol. The van der Waals surface area contributed by atoms with Crippen LogP contribution in [0.25, 0.3) is 5.69 Å². The average molecular weight is 346 g/mol. The summed E-state index contributed by atoms with van der Waals surface area (Å²) in [6.07, 6.45) is -2.89. The molecule has 3 nitrogen and oxygen atoms in total. The summed E-state index contributed by atoms with van der Waals surface area (Å²) in [4.78, 5) is 3.63. The molecular formula is C19H17F3N2O. The zero-order valence-corrected chi connectivity index (χ0v) is 13.8. The molecule has 0 bridgehead atoms. The molecule has 6 heteroatoms. The molecule has 1 heterocycles. The number of aromatic nitrogens is 2. The molecule has 0 aliphatic rings. The highest BCUT2D eigenvalue weighted by molar-refractivity contribution is 5.41. The second-order valence-corrected chi connectivity index (χ2v) is 5.77. The maximum absolute atomic E-state index is 13.4. The first-order valence-electron chi connectivity index (χ1n) is 7.72. The van der Waals surface area contributed by atoms with Crippen LogP contribution in [0.2, 0.25) is 0 Å². The molecule has 0 aliphatic carbocycles. The van der Waals surface area contributed by atoms with Crippen LogP contribution in [0.1, 0.15) is 22.6 Å². The van der Waals surface area contributed by atoms with Gasteiger partial charge in [0.05, 0.1) is 7.11 Å². The van der Waals surface area contributed by atoms with Crippen LogP contribution in [0.5, 0.6) is 5.75 Å². The Balaban J connectivity index is 2.08. The molecule has 0 unspecified atom stereocenters. The number of methoxy groups -OCH3 is 1. The minimum Gasteiger partial charge on any atom is -0.497 e. The number of alkyl halides is 3. The Morgan fingerprint density at radius 1 is 1.08 bits per heavy atom. The number of imidazole rings is 1. The third kappa shape index (κ3) is 3.68. The van der Waals surface area contributed by atoms with E-state index in [4.69, 9.17) is 4.74 Å².